The highest BCUT2D eigenvalue weighted by Gasteiger charge is 2.42. The van der Waals surface area contributed by atoms with Gasteiger partial charge in [-0.3, -0.25) is 10.2 Å². The van der Waals surface area contributed by atoms with E-state index in [9.17, 15) is 4.79 Å². The molecule has 1 saturated carbocycles. The number of anilines is 1. The first-order valence-electron chi connectivity index (χ1n) is 8.96. The number of carbonyl (C=O) groups is 1. The van der Waals surface area contributed by atoms with Gasteiger partial charge in [-0.25, -0.2) is 9.78 Å². The number of aryl methyl sites for hydroxylation is 1. The number of nitrogens with one attached hydrogen (secondary N) is 1. The lowest BCUT2D eigenvalue weighted by Crippen LogP contribution is -2.56. The van der Waals surface area contributed by atoms with E-state index >= 15 is 0 Å². The highest BCUT2D eigenvalue weighted by atomic mass is 16.2. The Morgan fingerprint density at radius 3 is 2.87 bits per heavy atom. The molecule has 0 bridgehead atoms. The van der Waals surface area contributed by atoms with Gasteiger partial charge in [0.15, 0.2) is 0 Å². The van der Waals surface area contributed by atoms with E-state index in [0.717, 1.165) is 31.2 Å². The number of hydrogen-bond donors (Lipinski definition) is 1. The third-order valence-electron chi connectivity index (χ3n) is 5.54. The van der Waals surface area contributed by atoms with Crippen LogP contribution in [0.4, 0.5) is 10.6 Å². The molecular weight excluding hydrogens is 288 g/mol. The van der Waals surface area contributed by atoms with Crippen molar-refractivity contribution in [3.63, 3.8) is 0 Å². The number of amides is 2. The van der Waals surface area contributed by atoms with Crippen molar-refractivity contribution in [3.8, 4) is 0 Å². The van der Waals surface area contributed by atoms with Crippen molar-refractivity contribution in [1.82, 2.24) is 14.8 Å². The van der Waals surface area contributed by atoms with Crippen LogP contribution in [0.15, 0.2) is 18.2 Å². The number of aromatic nitrogens is 1. The van der Waals surface area contributed by atoms with Gasteiger partial charge in [0, 0.05) is 30.9 Å². The first-order chi connectivity index (χ1) is 11.2. The average Bonchev–Trinajstić information content (AvgIpc) is 3.38. The minimum atomic E-state index is 0.00472. The summed E-state index contributed by atoms with van der Waals surface area (Å²) in [6, 6.07) is 7.28. The molecule has 1 N–H and O–H groups in total. The average molecular weight is 314 g/mol. The Labute approximate surface area is 138 Å². The number of likely N-dealkylation sites (tertiary alicyclic amines) is 2. The molecule has 5 nitrogen and oxygen atoms in total. The maximum absolute atomic E-state index is 12.5. The number of hydrogen-bond acceptors (Lipinski definition) is 3. The number of fused-ring (bicyclic) bond motifs is 1. The molecule has 0 unspecified atom stereocenters. The van der Waals surface area contributed by atoms with E-state index in [1.807, 2.05) is 30.0 Å². The molecule has 0 spiro atoms. The maximum atomic E-state index is 12.5. The molecule has 3 heterocycles. The third kappa shape index (κ3) is 3.20. The molecule has 1 aliphatic carbocycles. The summed E-state index contributed by atoms with van der Waals surface area (Å²) in [5.74, 6) is 1.30. The van der Waals surface area contributed by atoms with Crippen molar-refractivity contribution in [1.29, 1.82) is 0 Å². The van der Waals surface area contributed by atoms with E-state index in [4.69, 9.17) is 0 Å². The Morgan fingerprint density at radius 1 is 1.22 bits per heavy atom. The normalized spacial score (nSPS) is 28.3. The van der Waals surface area contributed by atoms with E-state index in [0.29, 0.717) is 17.8 Å². The first kappa shape index (κ1) is 14.9. The SMILES string of the molecule is Cc1cccc(NC(=O)N2CC[C@H]3[C@@H](CCCN3C3CC3)C2)n1. The Kier molecular flexibility index (Phi) is 3.97. The summed E-state index contributed by atoms with van der Waals surface area (Å²) in [5, 5.41) is 2.96. The monoisotopic (exact) mass is 314 g/mol. The van der Waals surface area contributed by atoms with Crippen molar-refractivity contribution in [2.75, 3.05) is 25.0 Å². The zero-order valence-corrected chi connectivity index (χ0v) is 13.9. The summed E-state index contributed by atoms with van der Waals surface area (Å²) in [5.41, 5.74) is 0.925. The fourth-order valence-electron chi connectivity index (χ4n) is 4.29. The Bertz CT molecular complexity index is 586. The van der Waals surface area contributed by atoms with Gasteiger partial charge >= 0.3 is 6.03 Å². The molecule has 1 aromatic heterocycles. The molecule has 0 radical (unpaired) electrons. The minimum Gasteiger partial charge on any atom is -0.324 e. The lowest BCUT2D eigenvalue weighted by atomic mass is 9.84. The second-order valence-electron chi connectivity index (χ2n) is 7.27. The van der Waals surface area contributed by atoms with Crippen molar-refractivity contribution >= 4 is 11.8 Å². The molecule has 3 aliphatic rings. The molecule has 4 rings (SSSR count). The molecule has 2 amide bonds. The summed E-state index contributed by atoms with van der Waals surface area (Å²) >= 11 is 0. The Hall–Kier alpha value is -1.62. The summed E-state index contributed by atoms with van der Waals surface area (Å²) in [6.07, 6.45) is 6.43. The van der Waals surface area contributed by atoms with Gasteiger partial charge in [-0.15, -0.1) is 0 Å². The molecule has 2 saturated heterocycles. The van der Waals surface area contributed by atoms with Crippen LogP contribution in [-0.4, -0.2) is 52.5 Å². The molecule has 2 atom stereocenters. The van der Waals surface area contributed by atoms with Crippen LogP contribution in [0, 0.1) is 12.8 Å². The van der Waals surface area contributed by atoms with Crippen LogP contribution in [0.25, 0.3) is 0 Å². The molecule has 2 aliphatic heterocycles. The molecule has 124 valence electrons. The largest absolute Gasteiger partial charge is 0.324 e. The first-order valence-corrected chi connectivity index (χ1v) is 8.96. The van der Waals surface area contributed by atoms with Crippen LogP contribution >= 0.6 is 0 Å². The zero-order valence-electron chi connectivity index (χ0n) is 13.9. The fourth-order valence-corrected chi connectivity index (χ4v) is 4.29. The topological polar surface area (TPSA) is 48.5 Å². The van der Waals surface area contributed by atoms with Gasteiger partial charge in [0.05, 0.1) is 0 Å². The zero-order chi connectivity index (χ0) is 15.8. The van der Waals surface area contributed by atoms with Crippen LogP contribution < -0.4 is 5.32 Å². The van der Waals surface area contributed by atoms with E-state index in [-0.39, 0.29) is 6.03 Å². The number of nitrogens with zero attached hydrogens (tertiary/aromatic N) is 3. The number of rotatable bonds is 2. The maximum Gasteiger partial charge on any atom is 0.323 e. The quantitative estimate of drug-likeness (QED) is 0.913. The van der Waals surface area contributed by atoms with Gasteiger partial charge in [-0.1, -0.05) is 6.07 Å². The van der Waals surface area contributed by atoms with Crippen molar-refractivity contribution < 1.29 is 4.79 Å². The highest BCUT2D eigenvalue weighted by molar-refractivity contribution is 5.88. The summed E-state index contributed by atoms with van der Waals surface area (Å²) in [6.45, 7) is 4.97. The fraction of sp³-hybridized carbons (Fsp3) is 0.667. The van der Waals surface area contributed by atoms with Crippen molar-refractivity contribution in [2.45, 2.75) is 51.1 Å². The smallest absolute Gasteiger partial charge is 0.323 e. The van der Waals surface area contributed by atoms with E-state index in [1.165, 1.54) is 32.2 Å². The van der Waals surface area contributed by atoms with Crippen LogP contribution in [-0.2, 0) is 0 Å². The number of carbonyl (C=O) groups excluding carboxylic acids is 1. The summed E-state index contributed by atoms with van der Waals surface area (Å²) in [4.78, 5) is 21.6. The molecule has 1 aromatic rings. The number of pyridine rings is 1. The predicted molar refractivity (Wildman–Crippen MR) is 90.4 cm³/mol. The second-order valence-corrected chi connectivity index (χ2v) is 7.27. The van der Waals surface area contributed by atoms with Gasteiger partial charge in [-0.2, -0.15) is 0 Å². The van der Waals surface area contributed by atoms with E-state index in [1.54, 1.807) is 0 Å². The molecule has 0 aromatic carbocycles. The van der Waals surface area contributed by atoms with Gasteiger partial charge in [0.2, 0.25) is 0 Å². The van der Waals surface area contributed by atoms with Crippen molar-refractivity contribution in [3.05, 3.63) is 23.9 Å². The molecule has 5 heteroatoms. The van der Waals surface area contributed by atoms with Gasteiger partial charge in [-0.05, 0) is 63.6 Å². The molecular formula is C18H26N4O. The van der Waals surface area contributed by atoms with Gasteiger partial charge < -0.3 is 4.90 Å². The minimum absolute atomic E-state index is 0.00472. The summed E-state index contributed by atoms with van der Waals surface area (Å²) in [7, 11) is 0. The van der Waals surface area contributed by atoms with Crippen LogP contribution in [0.1, 0.15) is 37.8 Å². The van der Waals surface area contributed by atoms with Crippen LogP contribution in [0.5, 0.6) is 0 Å². The van der Waals surface area contributed by atoms with E-state index in [2.05, 4.69) is 15.2 Å². The van der Waals surface area contributed by atoms with Gasteiger partial charge in [0.25, 0.3) is 0 Å². The third-order valence-corrected chi connectivity index (χ3v) is 5.54. The predicted octanol–water partition coefficient (Wildman–Crippen LogP) is 2.87. The highest BCUT2D eigenvalue weighted by Crippen LogP contribution is 2.38. The number of piperidine rings is 2. The van der Waals surface area contributed by atoms with Crippen LogP contribution in [0.3, 0.4) is 0 Å². The van der Waals surface area contributed by atoms with Crippen LogP contribution in [0.2, 0.25) is 0 Å². The molecule has 23 heavy (non-hydrogen) atoms. The standard InChI is InChI=1S/C18H26N4O/c1-13-4-2-6-17(19-13)20-18(23)21-11-9-16-14(12-21)5-3-10-22(16)15-7-8-15/h2,4,6,14-16H,3,5,7-12H2,1H3,(H,19,20,23)/t14-,16-/m0/s1. The lowest BCUT2D eigenvalue weighted by Gasteiger charge is -2.47. The summed E-state index contributed by atoms with van der Waals surface area (Å²) < 4.78 is 0. The van der Waals surface area contributed by atoms with E-state index < -0.39 is 0 Å². The molecule has 3 fully saturated rings. The lowest BCUT2D eigenvalue weighted by molar-refractivity contribution is 0.0315. The number of urea groups is 1. The van der Waals surface area contributed by atoms with Gasteiger partial charge in [0.1, 0.15) is 5.82 Å². The Morgan fingerprint density at radius 2 is 2.09 bits per heavy atom. The Balaban J connectivity index is 1.38. The second kappa shape index (κ2) is 6.11. The van der Waals surface area contributed by atoms with Crippen molar-refractivity contribution in [2.24, 2.45) is 5.92 Å².